The summed E-state index contributed by atoms with van der Waals surface area (Å²) in [6.45, 7) is 6.20. The Morgan fingerprint density at radius 3 is 2.66 bits per heavy atom. The van der Waals surface area contributed by atoms with E-state index in [9.17, 15) is 13.6 Å². The molecule has 2 aromatic rings. The SMILES string of the molecule is CC(C)COc1ccc(CNC(=O)N(Cc2ccc(F)cn2)[C@H]2CCN(C)C[C@H]2F)cc1. The van der Waals surface area contributed by atoms with Crippen molar-refractivity contribution in [3.8, 4) is 5.75 Å². The van der Waals surface area contributed by atoms with Crippen LogP contribution in [-0.4, -0.2) is 59.8 Å². The normalized spacial score (nSPS) is 19.1. The molecule has 1 N–H and O–H groups in total. The van der Waals surface area contributed by atoms with Crippen LogP contribution >= 0.6 is 0 Å². The fourth-order valence-corrected chi connectivity index (χ4v) is 3.66. The van der Waals surface area contributed by atoms with Crippen molar-refractivity contribution in [2.24, 2.45) is 5.92 Å². The van der Waals surface area contributed by atoms with Crippen LogP contribution < -0.4 is 10.1 Å². The Balaban J connectivity index is 1.65. The molecule has 2 atom stereocenters. The number of hydrogen-bond donors (Lipinski definition) is 1. The van der Waals surface area contributed by atoms with Crippen LogP contribution in [0.1, 0.15) is 31.5 Å². The second kappa shape index (κ2) is 11.2. The van der Waals surface area contributed by atoms with Gasteiger partial charge in [-0.2, -0.15) is 0 Å². The number of piperidine rings is 1. The molecule has 0 aliphatic carbocycles. The van der Waals surface area contributed by atoms with Gasteiger partial charge in [0, 0.05) is 19.6 Å². The van der Waals surface area contributed by atoms with Crippen LogP contribution in [0.25, 0.3) is 0 Å². The zero-order valence-electron chi connectivity index (χ0n) is 18.9. The van der Waals surface area contributed by atoms with Gasteiger partial charge in [0.15, 0.2) is 0 Å². The molecule has 1 fully saturated rings. The maximum atomic E-state index is 14.9. The molecule has 1 aliphatic heterocycles. The molecule has 6 nitrogen and oxygen atoms in total. The maximum absolute atomic E-state index is 14.9. The van der Waals surface area contributed by atoms with Gasteiger partial charge in [-0.15, -0.1) is 0 Å². The number of rotatable bonds is 8. The minimum atomic E-state index is -1.17. The summed E-state index contributed by atoms with van der Waals surface area (Å²) in [6, 6.07) is 9.43. The third-order valence-corrected chi connectivity index (χ3v) is 5.44. The third kappa shape index (κ3) is 6.88. The molecule has 0 radical (unpaired) electrons. The largest absolute Gasteiger partial charge is 0.493 e. The number of halogens is 2. The molecule has 1 aliphatic rings. The minimum Gasteiger partial charge on any atom is -0.493 e. The summed E-state index contributed by atoms with van der Waals surface area (Å²) in [6.07, 6.45) is 0.460. The number of alkyl halides is 1. The molecule has 0 unspecified atom stereocenters. The first-order valence-electron chi connectivity index (χ1n) is 11.0. The Morgan fingerprint density at radius 2 is 2.03 bits per heavy atom. The third-order valence-electron chi connectivity index (χ3n) is 5.44. The van der Waals surface area contributed by atoms with Gasteiger partial charge in [-0.3, -0.25) is 4.98 Å². The Bertz CT molecular complexity index is 861. The van der Waals surface area contributed by atoms with Crippen LogP contribution in [0, 0.1) is 11.7 Å². The number of nitrogens with one attached hydrogen (secondary N) is 1. The van der Waals surface area contributed by atoms with Gasteiger partial charge in [-0.05, 0) is 49.2 Å². The van der Waals surface area contributed by atoms with Gasteiger partial charge in [0.1, 0.15) is 17.7 Å². The van der Waals surface area contributed by atoms with Crippen molar-refractivity contribution in [2.75, 3.05) is 26.7 Å². The second-order valence-electron chi connectivity index (χ2n) is 8.74. The number of pyridine rings is 1. The van der Waals surface area contributed by atoms with Gasteiger partial charge in [0.05, 0.1) is 31.1 Å². The summed E-state index contributed by atoms with van der Waals surface area (Å²) >= 11 is 0. The van der Waals surface area contributed by atoms with Crippen molar-refractivity contribution in [3.05, 3.63) is 59.7 Å². The summed E-state index contributed by atoms with van der Waals surface area (Å²) in [5.41, 5.74) is 1.43. The van der Waals surface area contributed by atoms with Crippen molar-refractivity contribution >= 4 is 6.03 Å². The highest BCUT2D eigenvalue weighted by molar-refractivity contribution is 5.74. The van der Waals surface area contributed by atoms with Crippen molar-refractivity contribution in [3.63, 3.8) is 0 Å². The fraction of sp³-hybridized carbons (Fsp3) is 0.500. The number of carbonyl (C=O) groups is 1. The zero-order chi connectivity index (χ0) is 23.1. The summed E-state index contributed by atoms with van der Waals surface area (Å²) in [5, 5.41) is 2.89. The van der Waals surface area contributed by atoms with Crippen LogP contribution in [-0.2, 0) is 13.1 Å². The lowest BCUT2D eigenvalue weighted by Gasteiger charge is -2.39. The molecule has 32 heavy (non-hydrogen) atoms. The number of ether oxygens (including phenoxy) is 1. The van der Waals surface area contributed by atoms with E-state index in [1.165, 1.54) is 17.0 Å². The predicted octanol–water partition coefficient (Wildman–Crippen LogP) is 4.01. The van der Waals surface area contributed by atoms with Crippen LogP contribution in [0.3, 0.4) is 0 Å². The molecule has 8 heteroatoms. The van der Waals surface area contributed by atoms with Crippen LogP contribution in [0.4, 0.5) is 13.6 Å². The highest BCUT2D eigenvalue weighted by Gasteiger charge is 2.35. The molecule has 174 valence electrons. The molecule has 1 aromatic carbocycles. The molecule has 1 saturated heterocycles. The summed E-state index contributed by atoms with van der Waals surface area (Å²) in [7, 11) is 1.86. The van der Waals surface area contributed by atoms with Crippen molar-refractivity contribution in [1.82, 2.24) is 20.1 Å². The first-order chi connectivity index (χ1) is 15.3. The minimum absolute atomic E-state index is 0.114. The Hall–Kier alpha value is -2.74. The molecule has 2 amide bonds. The number of likely N-dealkylation sites (tertiary alicyclic amines) is 1. The standard InChI is InChI=1S/C24H32F2N4O2/c1-17(2)16-32-21-8-4-18(5-9-21)12-28-24(31)30(14-20-7-6-19(25)13-27-20)23-10-11-29(3)15-22(23)26/h4-9,13,17,22-23H,10-12,14-16H2,1-3H3,(H,28,31)/t22-,23+/m1/s1. The summed E-state index contributed by atoms with van der Waals surface area (Å²) in [5.74, 6) is 0.770. The van der Waals surface area contributed by atoms with Crippen molar-refractivity contribution in [2.45, 2.75) is 45.6 Å². The Kier molecular flexibility index (Phi) is 8.39. The van der Waals surface area contributed by atoms with E-state index >= 15 is 0 Å². The lowest BCUT2D eigenvalue weighted by Crippen LogP contribution is -2.55. The molecule has 0 spiro atoms. The number of urea groups is 1. The van der Waals surface area contributed by atoms with E-state index in [1.807, 2.05) is 36.2 Å². The highest BCUT2D eigenvalue weighted by atomic mass is 19.1. The van der Waals surface area contributed by atoms with E-state index in [0.717, 1.165) is 17.5 Å². The highest BCUT2D eigenvalue weighted by Crippen LogP contribution is 2.21. The molecule has 2 heterocycles. The first kappa shape index (κ1) is 23.9. The van der Waals surface area contributed by atoms with Crippen LogP contribution in [0.5, 0.6) is 5.75 Å². The molecule has 3 rings (SSSR count). The van der Waals surface area contributed by atoms with E-state index in [-0.39, 0.29) is 19.1 Å². The second-order valence-corrected chi connectivity index (χ2v) is 8.74. The molecular formula is C24H32F2N4O2. The summed E-state index contributed by atoms with van der Waals surface area (Å²) in [4.78, 5) is 20.5. The van der Waals surface area contributed by atoms with E-state index in [4.69, 9.17) is 4.74 Å². The van der Waals surface area contributed by atoms with Gasteiger partial charge >= 0.3 is 6.03 Å². The molecule has 1 aromatic heterocycles. The smallest absolute Gasteiger partial charge is 0.318 e. The maximum Gasteiger partial charge on any atom is 0.318 e. The van der Waals surface area contributed by atoms with Gasteiger partial charge in [-0.25, -0.2) is 13.6 Å². The number of carbonyl (C=O) groups excluding carboxylic acids is 1. The van der Waals surface area contributed by atoms with Gasteiger partial charge in [-0.1, -0.05) is 26.0 Å². The molecule has 0 bridgehead atoms. The lowest BCUT2D eigenvalue weighted by atomic mass is 10.0. The van der Waals surface area contributed by atoms with E-state index in [1.54, 1.807) is 0 Å². The zero-order valence-corrected chi connectivity index (χ0v) is 18.9. The van der Waals surface area contributed by atoms with Crippen LogP contribution in [0.15, 0.2) is 42.6 Å². The quantitative estimate of drug-likeness (QED) is 0.666. The first-order valence-corrected chi connectivity index (χ1v) is 11.0. The number of hydrogen-bond acceptors (Lipinski definition) is 4. The fourth-order valence-electron chi connectivity index (χ4n) is 3.66. The van der Waals surface area contributed by atoms with Crippen molar-refractivity contribution in [1.29, 1.82) is 0 Å². The van der Waals surface area contributed by atoms with E-state index < -0.39 is 18.0 Å². The van der Waals surface area contributed by atoms with E-state index in [0.29, 0.717) is 37.7 Å². The monoisotopic (exact) mass is 446 g/mol. The van der Waals surface area contributed by atoms with E-state index in [2.05, 4.69) is 24.1 Å². The summed E-state index contributed by atoms with van der Waals surface area (Å²) < 4.78 is 33.8. The lowest BCUT2D eigenvalue weighted by molar-refractivity contribution is 0.0566. The number of benzene rings is 1. The van der Waals surface area contributed by atoms with Gasteiger partial charge < -0.3 is 19.9 Å². The molecule has 0 saturated carbocycles. The van der Waals surface area contributed by atoms with Gasteiger partial charge in [0.2, 0.25) is 0 Å². The number of nitrogens with zero attached hydrogens (tertiary/aromatic N) is 3. The Morgan fingerprint density at radius 1 is 1.28 bits per heavy atom. The van der Waals surface area contributed by atoms with Gasteiger partial charge in [0.25, 0.3) is 0 Å². The average molecular weight is 447 g/mol. The predicted molar refractivity (Wildman–Crippen MR) is 120 cm³/mol. The average Bonchev–Trinajstić information content (AvgIpc) is 2.77. The number of amides is 2. The van der Waals surface area contributed by atoms with Crippen molar-refractivity contribution < 1.29 is 18.3 Å². The Labute approximate surface area is 188 Å². The molecular weight excluding hydrogens is 414 g/mol. The van der Waals surface area contributed by atoms with Crippen LogP contribution in [0.2, 0.25) is 0 Å². The number of aromatic nitrogens is 1. The topological polar surface area (TPSA) is 57.7 Å².